The molecule has 4 aromatic rings. The molecule has 30 heavy (non-hydrogen) atoms. The van der Waals surface area contributed by atoms with Gasteiger partial charge >= 0.3 is 5.63 Å². The van der Waals surface area contributed by atoms with Crippen molar-refractivity contribution in [3.8, 4) is 23.0 Å². The van der Waals surface area contributed by atoms with Gasteiger partial charge in [-0.3, -0.25) is 4.79 Å². The third-order valence-corrected chi connectivity index (χ3v) is 4.58. The number of amides is 1. The Hall–Kier alpha value is -4.13. The molecule has 0 atom stereocenters. The third kappa shape index (κ3) is 3.73. The molecule has 1 amide bonds. The molecule has 1 heterocycles. The lowest BCUT2D eigenvalue weighted by atomic mass is 10.1. The van der Waals surface area contributed by atoms with E-state index in [0.29, 0.717) is 39.2 Å². The Kier molecular flexibility index (Phi) is 5.17. The van der Waals surface area contributed by atoms with Crippen LogP contribution in [-0.2, 0) is 0 Å². The van der Waals surface area contributed by atoms with Crippen molar-refractivity contribution in [3.05, 3.63) is 82.7 Å². The molecule has 1 aromatic heterocycles. The highest BCUT2D eigenvalue weighted by Gasteiger charge is 2.14. The zero-order valence-corrected chi connectivity index (χ0v) is 16.3. The van der Waals surface area contributed by atoms with Crippen LogP contribution in [0.1, 0.15) is 10.4 Å². The molecule has 150 valence electrons. The summed E-state index contributed by atoms with van der Waals surface area (Å²) in [6.07, 6.45) is 0. The molecule has 0 bridgehead atoms. The van der Waals surface area contributed by atoms with E-state index in [2.05, 4.69) is 10.3 Å². The predicted octanol–water partition coefficient (Wildman–Crippen LogP) is 4.12. The Labute approximate surface area is 171 Å². The molecule has 7 nitrogen and oxygen atoms in total. The van der Waals surface area contributed by atoms with E-state index in [1.807, 2.05) is 6.07 Å². The van der Waals surface area contributed by atoms with Crippen LogP contribution in [0.25, 0.3) is 22.4 Å². The summed E-state index contributed by atoms with van der Waals surface area (Å²) >= 11 is 0. The number of carbonyl (C=O) groups is 1. The fourth-order valence-electron chi connectivity index (χ4n) is 3.02. The van der Waals surface area contributed by atoms with Crippen molar-refractivity contribution in [3.63, 3.8) is 0 Å². The molecule has 4 rings (SSSR count). The van der Waals surface area contributed by atoms with Crippen LogP contribution >= 0.6 is 0 Å². The first kappa shape index (κ1) is 19.2. The molecule has 0 aliphatic heterocycles. The number of hydrogen-bond acceptors (Lipinski definition) is 6. The van der Waals surface area contributed by atoms with Gasteiger partial charge in [-0.2, -0.15) is 0 Å². The lowest BCUT2D eigenvalue weighted by Crippen LogP contribution is -2.13. The summed E-state index contributed by atoms with van der Waals surface area (Å²) in [6.45, 7) is 0. The van der Waals surface area contributed by atoms with Gasteiger partial charge in [-0.1, -0.05) is 12.1 Å². The van der Waals surface area contributed by atoms with Crippen LogP contribution in [0, 0.1) is 0 Å². The zero-order valence-electron chi connectivity index (χ0n) is 16.3. The highest BCUT2D eigenvalue weighted by atomic mass is 16.5. The molecular weight excluding hydrogens is 384 g/mol. The number of nitrogens with one attached hydrogen (secondary N) is 1. The molecule has 0 aliphatic carbocycles. The topological polar surface area (TPSA) is 90.7 Å². The lowest BCUT2D eigenvalue weighted by Gasteiger charge is -2.11. The van der Waals surface area contributed by atoms with Crippen LogP contribution in [0.15, 0.2) is 75.9 Å². The monoisotopic (exact) mass is 402 g/mol. The number of aromatic nitrogens is 1. The van der Waals surface area contributed by atoms with E-state index in [1.165, 1.54) is 7.11 Å². The Morgan fingerprint density at radius 1 is 0.967 bits per heavy atom. The summed E-state index contributed by atoms with van der Waals surface area (Å²) in [7, 11) is 3.03. The molecule has 0 unspecified atom stereocenters. The van der Waals surface area contributed by atoms with Crippen molar-refractivity contribution in [2.75, 3.05) is 19.5 Å². The molecule has 0 saturated heterocycles. The quantitative estimate of drug-likeness (QED) is 0.540. The second-order valence-electron chi connectivity index (χ2n) is 6.42. The second kappa shape index (κ2) is 8.08. The number of fused-ring (bicyclic) bond motifs is 1. The highest BCUT2D eigenvalue weighted by molar-refractivity contribution is 6.06. The standard InChI is InChI=1S/C23H18N2O5/c1-28-16-11-12-18(20(13-16)29-2)21(26)24-15-9-7-14(8-10-15)22-25-19-6-4-3-5-17(19)23(27)30-22/h3-13H,1-2H3,(H,24,26). The summed E-state index contributed by atoms with van der Waals surface area (Å²) in [5.74, 6) is 0.897. The van der Waals surface area contributed by atoms with E-state index in [-0.39, 0.29) is 11.8 Å². The first-order valence-corrected chi connectivity index (χ1v) is 9.13. The van der Waals surface area contributed by atoms with Gasteiger partial charge in [0.15, 0.2) is 0 Å². The zero-order chi connectivity index (χ0) is 21.1. The van der Waals surface area contributed by atoms with Crippen LogP contribution in [-0.4, -0.2) is 25.1 Å². The summed E-state index contributed by atoms with van der Waals surface area (Å²) in [4.78, 5) is 29.2. The van der Waals surface area contributed by atoms with Crippen molar-refractivity contribution in [2.45, 2.75) is 0 Å². The molecule has 0 fully saturated rings. The summed E-state index contributed by atoms with van der Waals surface area (Å²) in [6, 6.07) is 18.8. The molecule has 1 N–H and O–H groups in total. The van der Waals surface area contributed by atoms with E-state index >= 15 is 0 Å². The lowest BCUT2D eigenvalue weighted by molar-refractivity contribution is 0.102. The number of para-hydroxylation sites is 1. The normalized spacial score (nSPS) is 10.6. The van der Waals surface area contributed by atoms with Crippen molar-refractivity contribution in [2.24, 2.45) is 0 Å². The minimum Gasteiger partial charge on any atom is -0.497 e. The molecular formula is C23H18N2O5. The average molecular weight is 402 g/mol. The van der Waals surface area contributed by atoms with Crippen molar-refractivity contribution < 1.29 is 18.7 Å². The minimum absolute atomic E-state index is 0.216. The number of carbonyl (C=O) groups excluding carboxylic acids is 1. The SMILES string of the molecule is COc1ccc(C(=O)Nc2ccc(-c3nc4ccccc4c(=O)o3)cc2)c(OC)c1. The average Bonchev–Trinajstić information content (AvgIpc) is 2.79. The van der Waals surface area contributed by atoms with E-state index in [9.17, 15) is 9.59 Å². The Morgan fingerprint density at radius 2 is 1.73 bits per heavy atom. The van der Waals surface area contributed by atoms with Gasteiger partial charge in [0.25, 0.3) is 5.91 Å². The molecule has 0 aliphatic rings. The Morgan fingerprint density at radius 3 is 2.47 bits per heavy atom. The van der Waals surface area contributed by atoms with Gasteiger partial charge < -0.3 is 19.2 Å². The van der Waals surface area contributed by atoms with Crippen LogP contribution in [0.2, 0.25) is 0 Å². The van der Waals surface area contributed by atoms with Gasteiger partial charge in [0.05, 0.1) is 30.7 Å². The van der Waals surface area contributed by atoms with Gasteiger partial charge in [0.2, 0.25) is 5.89 Å². The van der Waals surface area contributed by atoms with E-state index in [1.54, 1.807) is 67.8 Å². The van der Waals surface area contributed by atoms with Crippen LogP contribution in [0.4, 0.5) is 5.69 Å². The Balaban J connectivity index is 1.57. The van der Waals surface area contributed by atoms with Gasteiger partial charge in [0, 0.05) is 17.3 Å². The van der Waals surface area contributed by atoms with Crippen LogP contribution < -0.4 is 20.4 Å². The van der Waals surface area contributed by atoms with Gasteiger partial charge in [-0.05, 0) is 48.5 Å². The number of ether oxygens (including phenoxy) is 2. The fraction of sp³-hybridized carbons (Fsp3) is 0.0870. The molecule has 0 saturated carbocycles. The second-order valence-corrected chi connectivity index (χ2v) is 6.42. The summed E-state index contributed by atoms with van der Waals surface area (Å²) in [5, 5.41) is 3.25. The predicted molar refractivity (Wildman–Crippen MR) is 113 cm³/mol. The van der Waals surface area contributed by atoms with Crippen LogP contribution in [0.5, 0.6) is 11.5 Å². The number of hydrogen-bond donors (Lipinski definition) is 1. The first-order valence-electron chi connectivity index (χ1n) is 9.13. The smallest absolute Gasteiger partial charge is 0.347 e. The minimum atomic E-state index is -0.445. The maximum atomic E-state index is 12.6. The van der Waals surface area contributed by atoms with Gasteiger partial charge in [-0.25, -0.2) is 9.78 Å². The number of nitrogens with zero attached hydrogens (tertiary/aromatic N) is 1. The summed E-state index contributed by atoms with van der Waals surface area (Å²) < 4.78 is 15.8. The van der Waals surface area contributed by atoms with Crippen molar-refractivity contribution in [1.82, 2.24) is 4.98 Å². The summed E-state index contributed by atoms with van der Waals surface area (Å²) in [5.41, 5.74) is 1.69. The fourth-order valence-corrected chi connectivity index (χ4v) is 3.02. The van der Waals surface area contributed by atoms with Crippen molar-refractivity contribution in [1.29, 1.82) is 0 Å². The number of benzene rings is 3. The Bertz CT molecular complexity index is 1280. The van der Waals surface area contributed by atoms with E-state index in [4.69, 9.17) is 13.9 Å². The van der Waals surface area contributed by atoms with Crippen molar-refractivity contribution >= 4 is 22.5 Å². The number of anilines is 1. The maximum Gasteiger partial charge on any atom is 0.347 e. The number of rotatable bonds is 5. The highest BCUT2D eigenvalue weighted by Crippen LogP contribution is 2.26. The van der Waals surface area contributed by atoms with Gasteiger partial charge in [-0.15, -0.1) is 0 Å². The van der Waals surface area contributed by atoms with Crippen LogP contribution in [0.3, 0.4) is 0 Å². The largest absolute Gasteiger partial charge is 0.497 e. The van der Waals surface area contributed by atoms with E-state index < -0.39 is 5.63 Å². The van der Waals surface area contributed by atoms with E-state index in [0.717, 1.165) is 0 Å². The first-order chi connectivity index (χ1) is 14.6. The molecule has 0 radical (unpaired) electrons. The molecule has 3 aromatic carbocycles. The van der Waals surface area contributed by atoms with Gasteiger partial charge in [0.1, 0.15) is 11.5 Å². The maximum absolute atomic E-state index is 12.6. The molecule has 7 heteroatoms. The molecule has 0 spiro atoms. The third-order valence-electron chi connectivity index (χ3n) is 4.58. The number of methoxy groups -OCH3 is 2.